The Bertz CT molecular complexity index is 695. The molecule has 2 aromatic carbocycles. The van der Waals surface area contributed by atoms with Crippen molar-refractivity contribution in [1.29, 1.82) is 0 Å². The summed E-state index contributed by atoms with van der Waals surface area (Å²) in [6.07, 6.45) is 2.50. The molecule has 0 saturated carbocycles. The number of nitrogens with zero attached hydrogens (tertiary/aromatic N) is 1. The third kappa shape index (κ3) is 5.41. The molecule has 0 atom stereocenters. The summed E-state index contributed by atoms with van der Waals surface area (Å²) in [5.74, 6) is 1.21. The van der Waals surface area contributed by atoms with E-state index >= 15 is 0 Å². The molecule has 25 heavy (non-hydrogen) atoms. The normalized spacial score (nSPS) is 15.2. The zero-order valence-electron chi connectivity index (χ0n) is 14.4. The maximum Gasteiger partial charge on any atom is 0.234 e. The molecule has 3 rings (SSSR count). The zero-order valence-corrected chi connectivity index (χ0v) is 15.9. The summed E-state index contributed by atoms with van der Waals surface area (Å²) in [4.78, 5) is 15.6. The second-order valence-corrected chi connectivity index (χ2v) is 7.99. The molecule has 3 nitrogen and oxygen atoms in total. The Kier molecular flexibility index (Phi) is 6.27. The second-order valence-electron chi connectivity index (χ2n) is 6.51. The highest BCUT2D eigenvalue weighted by Gasteiger charge is 2.15. The summed E-state index contributed by atoms with van der Waals surface area (Å²) in [5.41, 5.74) is 2.08. The summed E-state index contributed by atoms with van der Waals surface area (Å²) in [7, 11) is 0. The molecule has 0 spiro atoms. The van der Waals surface area contributed by atoms with Gasteiger partial charge in [-0.05, 0) is 67.3 Å². The summed E-state index contributed by atoms with van der Waals surface area (Å²) in [5, 5.41) is 3.66. The molecule has 0 aliphatic carbocycles. The van der Waals surface area contributed by atoms with Crippen molar-refractivity contribution in [2.45, 2.75) is 24.7 Å². The minimum Gasteiger partial charge on any atom is -0.372 e. The molecule has 1 heterocycles. The van der Waals surface area contributed by atoms with Gasteiger partial charge in [0, 0.05) is 34.4 Å². The molecule has 1 fully saturated rings. The molecule has 2 aromatic rings. The number of benzene rings is 2. The first-order valence-corrected chi connectivity index (χ1v) is 10.00. The molecule has 0 unspecified atom stereocenters. The SMILES string of the molecule is CC1CCN(c2ccc(NC(=O)CSc3ccc(Cl)cc3)cc2)CC1. The fourth-order valence-corrected chi connectivity index (χ4v) is 3.72. The van der Waals surface area contributed by atoms with Crippen LogP contribution < -0.4 is 10.2 Å². The molecule has 5 heteroatoms. The van der Waals surface area contributed by atoms with Crippen LogP contribution in [0.25, 0.3) is 0 Å². The predicted molar refractivity (Wildman–Crippen MR) is 108 cm³/mol. The van der Waals surface area contributed by atoms with E-state index in [1.165, 1.54) is 30.3 Å². The number of piperidine rings is 1. The summed E-state index contributed by atoms with van der Waals surface area (Å²) >= 11 is 7.37. The minimum absolute atomic E-state index is 0.000465. The van der Waals surface area contributed by atoms with Gasteiger partial charge >= 0.3 is 0 Å². The first-order valence-electron chi connectivity index (χ1n) is 8.63. The molecule has 1 amide bonds. The van der Waals surface area contributed by atoms with E-state index in [9.17, 15) is 4.79 Å². The van der Waals surface area contributed by atoms with Crippen molar-refractivity contribution in [3.05, 3.63) is 53.6 Å². The number of anilines is 2. The van der Waals surface area contributed by atoms with Crippen molar-refractivity contribution in [3.63, 3.8) is 0 Å². The average Bonchev–Trinajstić information content (AvgIpc) is 2.63. The molecular formula is C20H23ClN2OS. The number of nitrogens with one attached hydrogen (secondary N) is 1. The van der Waals surface area contributed by atoms with Crippen molar-refractivity contribution in [1.82, 2.24) is 0 Å². The Balaban J connectivity index is 1.49. The van der Waals surface area contributed by atoms with Crippen LogP contribution in [0.5, 0.6) is 0 Å². The number of hydrogen-bond acceptors (Lipinski definition) is 3. The number of carbonyl (C=O) groups excluding carboxylic acids is 1. The molecular weight excluding hydrogens is 352 g/mol. The van der Waals surface area contributed by atoms with Gasteiger partial charge in [-0.15, -0.1) is 11.8 Å². The van der Waals surface area contributed by atoms with Gasteiger partial charge in [-0.25, -0.2) is 0 Å². The second kappa shape index (κ2) is 8.63. The standard InChI is InChI=1S/C20H23ClN2OS/c1-15-10-12-23(13-11-15)18-6-4-17(5-7-18)22-20(24)14-25-19-8-2-16(21)3-9-19/h2-9,15H,10-14H2,1H3,(H,22,24). The van der Waals surface area contributed by atoms with Gasteiger partial charge in [0.25, 0.3) is 0 Å². The zero-order chi connectivity index (χ0) is 17.6. The van der Waals surface area contributed by atoms with Crippen LogP contribution in [-0.2, 0) is 4.79 Å². The van der Waals surface area contributed by atoms with Gasteiger partial charge in [0.05, 0.1) is 5.75 Å². The van der Waals surface area contributed by atoms with E-state index in [1.54, 1.807) is 0 Å². The van der Waals surface area contributed by atoms with Crippen LogP contribution in [0.1, 0.15) is 19.8 Å². The van der Waals surface area contributed by atoms with E-state index in [0.29, 0.717) is 10.8 Å². The highest BCUT2D eigenvalue weighted by molar-refractivity contribution is 8.00. The number of hydrogen-bond donors (Lipinski definition) is 1. The lowest BCUT2D eigenvalue weighted by Gasteiger charge is -2.32. The van der Waals surface area contributed by atoms with Crippen LogP contribution in [0.4, 0.5) is 11.4 Å². The third-order valence-electron chi connectivity index (χ3n) is 4.48. The van der Waals surface area contributed by atoms with Crippen molar-refractivity contribution >= 4 is 40.6 Å². The smallest absolute Gasteiger partial charge is 0.234 e. The number of thioether (sulfide) groups is 1. The van der Waals surface area contributed by atoms with Gasteiger partial charge in [0.15, 0.2) is 0 Å². The molecule has 1 N–H and O–H groups in total. The topological polar surface area (TPSA) is 32.3 Å². The maximum absolute atomic E-state index is 12.1. The van der Waals surface area contributed by atoms with Crippen molar-refractivity contribution in [3.8, 4) is 0 Å². The van der Waals surface area contributed by atoms with Crippen molar-refractivity contribution in [2.24, 2.45) is 5.92 Å². The van der Waals surface area contributed by atoms with Crippen molar-refractivity contribution in [2.75, 3.05) is 29.1 Å². The Morgan fingerprint density at radius 2 is 1.76 bits per heavy atom. The summed E-state index contributed by atoms with van der Waals surface area (Å²) < 4.78 is 0. The maximum atomic E-state index is 12.1. The van der Waals surface area contributed by atoms with Gasteiger partial charge in [0.2, 0.25) is 5.91 Å². The Hall–Kier alpha value is -1.65. The number of carbonyl (C=O) groups is 1. The minimum atomic E-state index is -0.000465. The Morgan fingerprint density at radius 3 is 2.40 bits per heavy atom. The molecule has 1 aliphatic heterocycles. The summed E-state index contributed by atoms with van der Waals surface area (Å²) in [6, 6.07) is 15.7. The molecule has 132 valence electrons. The summed E-state index contributed by atoms with van der Waals surface area (Å²) in [6.45, 7) is 4.55. The number of halogens is 1. The lowest BCUT2D eigenvalue weighted by Crippen LogP contribution is -2.32. The number of rotatable bonds is 5. The van der Waals surface area contributed by atoms with Gasteiger partial charge in [-0.2, -0.15) is 0 Å². The van der Waals surface area contributed by atoms with E-state index in [4.69, 9.17) is 11.6 Å². The van der Waals surface area contributed by atoms with Crippen molar-refractivity contribution < 1.29 is 4.79 Å². The Morgan fingerprint density at radius 1 is 1.12 bits per heavy atom. The van der Waals surface area contributed by atoms with Crippen LogP contribution >= 0.6 is 23.4 Å². The number of amides is 1. The first-order chi connectivity index (χ1) is 12.1. The van der Waals surface area contributed by atoms with E-state index < -0.39 is 0 Å². The van der Waals surface area contributed by atoms with Crippen LogP contribution in [0, 0.1) is 5.92 Å². The van der Waals surface area contributed by atoms with Gasteiger partial charge < -0.3 is 10.2 Å². The fourth-order valence-electron chi connectivity index (χ4n) is 2.90. The van der Waals surface area contributed by atoms with E-state index in [0.717, 1.165) is 29.6 Å². The van der Waals surface area contributed by atoms with Crippen LogP contribution in [-0.4, -0.2) is 24.7 Å². The molecule has 0 aromatic heterocycles. The van der Waals surface area contributed by atoms with Crippen LogP contribution in [0.2, 0.25) is 5.02 Å². The van der Waals surface area contributed by atoms with E-state index in [1.807, 2.05) is 36.4 Å². The quantitative estimate of drug-likeness (QED) is 0.720. The van der Waals surface area contributed by atoms with Gasteiger partial charge in [-0.3, -0.25) is 4.79 Å². The van der Waals surface area contributed by atoms with Gasteiger partial charge in [0.1, 0.15) is 0 Å². The lowest BCUT2D eigenvalue weighted by molar-refractivity contribution is -0.113. The monoisotopic (exact) mass is 374 g/mol. The van der Waals surface area contributed by atoms with E-state index in [-0.39, 0.29) is 5.91 Å². The van der Waals surface area contributed by atoms with Gasteiger partial charge in [-0.1, -0.05) is 18.5 Å². The van der Waals surface area contributed by atoms with E-state index in [2.05, 4.69) is 29.3 Å². The lowest BCUT2D eigenvalue weighted by atomic mass is 9.99. The van der Waals surface area contributed by atoms with Crippen LogP contribution in [0.3, 0.4) is 0 Å². The Labute approximate surface area is 158 Å². The fraction of sp³-hybridized carbons (Fsp3) is 0.350. The molecule has 1 aliphatic rings. The largest absolute Gasteiger partial charge is 0.372 e. The van der Waals surface area contributed by atoms with Crippen LogP contribution in [0.15, 0.2) is 53.4 Å². The average molecular weight is 375 g/mol. The third-order valence-corrected chi connectivity index (χ3v) is 5.75. The molecule has 0 radical (unpaired) electrons. The first kappa shape index (κ1) is 18.2. The highest BCUT2D eigenvalue weighted by atomic mass is 35.5. The molecule has 1 saturated heterocycles. The predicted octanol–water partition coefficient (Wildman–Crippen LogP) is 5.31. The highest BCUT2D eigenvalue weighted by Crippen LogP contribution is 2.25. The molecule has 0 bridgehead atoms.